The van der Waals surface area contributed by atoms with Gasteiger partial charge < -0.3 is 4.52 Å². The van der Waals surface area contributed by atoms with Gasteiger partial charge in [0, 0.05) is 28.2 Å². The van der Waals surface area contributed by atoms with Gasteiger partial charge in [0.1, 0.15) is 0 Å². The van der Waals surface area contributed by atoms with Crippen molar-refractivity contribution in [3.8, 4) is 28.5 Å². The molecule has 0 spiro atoms. The molecule has 0 radical (unpaired) electrons. The molecular weight excluding hydrogens is 386 g/mol. The minimum Gasteiger partial charge on any atom is -0.334 e. The van der Waals surface area contributed by atoms with Crippen molar-refractivity contribution >= 4 is 10.8 Å². The van der Waals surface area contributed by atoms with Crippen LogP contribution in [0.15, 0.2) is 88.3 Å². The molecule has 5 aromatic rings. The Morgan fingerprint density at radius 1 is 0.935 bits per heavy atom. The highest BCUT2D eigenvalue weighted by Crippen LogP contribution is 2.28. The highest BCUT2D eigenvalue weighted by molar-refractivity contribution is 5.94. The standard InChI is InChI=1S/C26H21N3O2/c1-3-18-11-13-20(14-12-18)29-16-23(21-9-4-5-10-22(21)26(29)30)25-27-24(28-31-25)19-8-6-7-17(2)15-19/h4-16H,3H2,1-2H3. The van der Waals surface area contributed by atoms with Gasteiger partial charge in [-0.05, 0) is 43.2 Å². The van der Waals surface area contributed by atoms with Gasteiger partial charge in [-0.25, -0.2) is 0 Å². The van der Waals surface area contributed by atoms with Gasteiger partial charge in [-0.3, -0.25) is 9.36 Å². The van der Waals surface area contributed by atoms with E-state index in [0.717, 1.165) is 34.2 Å². The van der Waals surface area contributed by atoms with Crippen LogP contribution in [0.5, 0.6) is 0 Å². The second-order valence-electron chi connectivity index (χ2n) is 7.58. The van der Waals surface area contributed by atoms with Gasteiger partial charge in [-0.2, -0.15) is 4.98 Å². The molecule has 0 bridgehead atoms. The van der Waals surface area contributed by atoms with Crippen LogP contribution in [-0.4, -0.2) is 14.7 Å². The predicted octanol–water partition coefficient (Wildman–Crippen LogP) is 5.58. The first-order valence-electron chi connectivity index (χ1n) is 10.3. The van der Waals surface area contributed by atoms with Crippen LogP contribution in [0.2, 0.25) is 0 Å². The summed E-state index contributed by atoms with van der Waals surface area (Å²) in [6.45, 7) is 4.13. The van der Waals surface area contributed by atoms with Crippen LogP contribution in [0.1, 0.15) is 18.1 Å². The van der Waals surface area contributed by atoms with Crippen LogP contribution in [-0.2, 0) is 6.42 Å². The predicted molar refractivity (Wildman–Crippen MR) is 122 cm³/mol. The number of benzene rings is 3. The molecular formula is C26H21N3O2. The smallest absolute Gasteiger partial charge is 0.262 e. The van der Waals surface area contributed by atoms with E-state index in [4.69, 9.17) is 4.52 Å². The van der Waals surface area contributed by atoms with Crippen molar-refractivity contribution in [1.82, 2.24) is 14.7 Å². The number of hydrogen-bond acceptors (Lipinski definition) is 4. The number of fused-ring (bicyclic) bond motifs is 1. The Hall–Kier alpha value is -3.99. The molecule has 0 N–H and O–H groups in total. The highest BCUT2D eigenvalue weighted by atomic mass is 16.5. The minimum atomic E-state index is -0.0815. The zero-order valence-corrected chi connectivity index (χ0v) is 17.4. The maximum Gasteiger partial charge on any atom is 0.262 e. The summed E-state index contributed by atoms with van der Waals surface area (Å²) in [5.74, 6) is 0.902. The average molecular weight is 407 g/mol. The Balaban J connectivity index is 1.70. The molecule has 0 atom stereocenters. The Morgan fingerprint density at radius 3 is 2.45 bits per heavy atom. The molecule has 0 saturated carbocycles. The molecule has 0 fully saturated rings. The molecule has 5 nitrogen and oxygen atoms in total. The lowest BCUT2D eigenvalue weighted by Gasteiger charge is -2.11. The summed E-state index contributed by atoms with van der Waals surface area (Å²) in [5.41, 5.74) is 4.68. The van der Waals surface area contributed by atoms with Gasteiger partial charge in [0.15, 0.2) is 0 Å². The highest BCUT2D eigenvalue weighted by Gasteiger charge is 2.17. The second kappa shape index (κ2) is 7.69. The van der Waals surface area contributed by atoms with E-state index in [9.17, 15) is 4.79 Å². The van der Waals surface area contributed by atoms with Gasteiger partial charge in [-0.1, -0.05) is 66.2 Å². The molecule has 0 amide bonds. The first-order chi connectivity index (χ1) is 15.1. The summed E-state index contributed by atoms with van der Waals surface area (Å²) in [6.07, 6.45) is 2.74. The van der Waals surface area contributed by atoms with Crippen molar-refractivity contribution < 1.29 is 4.52 Å². The van der Waals surface area contributed by atoms with Crippen molar-refractivity contribution in [1.29, 1.82) is 0 Å². The molecule has 152 valence electrons. The number of rotatable bonds is 4. The summed E-state index contributed by atoms with van der Waals surface area (Å²) in [7, 11) is 0. The third-order valence-corrected chi connectivity index (χ3v) is 5.48. The van der Waals surface area contributed by atoms with Crippen molar-refractivity contribution in [2.75, 3.05) is 0 Å². The topological polar surface area (TPSA) is 60.9 Å². The average Bonchev–Trinajstić information content (AvgIpc) is 3.30. The molecule has 0 aliphatic rings. The molecule has 2 aromatic heterocycles. The lowest BCUT2D eigenvalue weighted by molar-refractivity contribution is 0.432. The largest absolute Gasteiger partial charge is 0.334 e. The van der Waals surface area contributed by atoms with Crippen LogP contribution in [0, 0.1) is 6.92 Å². The fourth-order valence-electron chi connectivity index (χ4n) is 3.78. The quantitative estimate of drug-likeness (QED) is 0.390. The van der Waals surface area contributed by atoms with Crippen molar-refractivity contribution in [3.63, 3.8) is 0 Å². The van der Waals surface area contributed by atoms with Crippen LogP contribution >= 0.6 is 0 Å². The molecule has 0 aliphatic carbocycles. The Kier molecular flexibility index (Phi) is 4.71. The fourth-order valence-corrected chi connectivity index (χ4v) is 3.78. The first-order valence-corrected chi connectivity index (χ1v) is 10.3. The number of nitrogens with zero attached hydrogens (tertiary/aromatic N) is 3. The monoisotopic (exact) mass is 407 g/mol. The van der Waals surface area contributed by atoms with E-state index >= 15 is 0 Å². The molecule has 0 unspecified atom stereocenters. The lowest BCUT2D eigenvalue weighted by Crippen LogP contribution is -2.18. The Morgan fingerprint density at radius 2 is 1.71 bits per heavy atom. The fraction of sp³-hybridized carbons (Fsp3) is 0.115. The van der Waals surface area contributed by atoms with Gasteiger partial charge >= 0.3 is 0 Å². The number of aryl methyl sites for hydroxylation is 2. The molecule has 0 saturated heterocycles. The van der Waals surface area contributed by atoms with Crippen LogP contribution in [0.4, 0.5) is 0 Å². The number of aromatic nitrogens is 3. The van der Waals surface area contributed by atoms with Gasteiger partial charge in [-0.15, -0.1) is 0 Å². The maximum absolute atomic E-state index is 13.2. The molecule has 3 aromatic carbocycles. The van der Waals surface area contributed by atoms with E-state index in [1.807, 2.05) is 79.7 Å². The normalized spacial score (nSPS) is 11.2. The number of hydrogen-bond donors (Lipinski definition) is 0. The third-order valence-electron chi connectivity index (χ3n) is 5.48. The zero-order chi connectivity index (χ0) is 21.4. The molecule has 31 heavy (non-hydrogen) atoms. The Bertz CT molecular complexity index is 1450. The first kappa shape index (κ1) is 19.0. The Labute approximate surface area is 179 Å². The molecule has 0 aliphatic heterocycles. The summed E-state index contributed by atoms with van der Waals surface area (Å²) < 4.78 is 7.29. The van der Waals surface area contributed by atoms with Gasteiger partial charge in [0.05, 0.1) is 5.56 Å². The summed E-state index contributed by atoms with van der Waals surface area (Å²) >= 11 is 0. The van der Waals surface area contributed by atoms with Gasteiger partial charge in [0.2, 0.25) is 5.82 Å². The molecule has 5 heteroatoms. The van der Waals surface area contributed by atoms with Crippen molar-refractivity contribution in [3.05, 3.63) is 100 Å². The van der Waals surface area contributed by atoms with Crippen LogP contribution in [0.3, 0.4) is 0 Å². The van der Waals surface area contributed by atoms with Crippen molar-refractivity contribution in [2.45, 2.75) is 20.3 Å². The molecule has 5 rings (SSSR count). The zero-order valence-electron chi connectivity index (χ0n) is 17.4. The van der Waals surface area contributed by atoms with E-state index in [-0.39, 0.29) is 5.56 Å². The maximum atomic E-state index is 13.2. The SMILES string of the molecule is CCc1ccc(-n2cc(-c3nc(-c4cccc(C)c4)no3)c3ccccc3c2=O)cc1. The summed E-state index contributed by atoms with van der Waals surface area (Å²) in [4.78, 5) is 17.9. The van der Waals surface area contributed by atoms with E-state index in [0.29, 0.717) is 17.1 Å². The minimum absolute atomic E-state index is 0.0815. The van der Waals surface area contributed by atoms with E-state index in [2.05, 4.69) is 17.1 Å². The third kappa shape index (κ3) is 3.44. The number of pyridine rings is 1. The van der Waals surface area contributed by atoms with Crippen molar-refractivity contribution in [2.24, 2.45) is 0 Å². The summed E-state index contributed by atoms with van der Waals surface area (Å²) in [6, 6.07) is 23.5. The van der Waals surface area contributed by atoms with E-state index in [1.165, 1.54) is 5.56 Å². The lowest BCUT2D eigenvalue weighted by atomic mass is 10.1. The summed E-state index contributed by atoms with van der Waals surface area (Å²) in [5, 5.41) is 5.58. The van der Waals surface area contributed by atoms with Gasteiger partial charge in [0.25, 0.3) is 11.4 Å². The van der Waals surface area contributed by atoms with Crippen LogP contribution < -0.4 is 5.56 Å². The van der Waals surface area contributed by atoms with E-state index in [1.54, 1.807) is 10.8 Å². The van der Waals surface area contributed by atoms with Crippen LogP contribution in [0.25, 0.3) is 39.3 Å². The van der Waals surface area contributed by atoms with E-state index < -0.39 is 0 Å². The molecule has 2 heterocycles. The second-order valence-corrected chi connectivity index (χ2v) is 7.58.